The number of rotatable bonds is 5. The molecule has 0 aliphatic heterocycles. The fourth-order valence-corrected chi connectivity index (χ4v) is 3.45. The van der Waals surface area contributed by atoms with E-state index < -0.39 is 10.0 Å². The lowest BCUT2D eigenvalue weighted by Crippen LogP contribution is -2.33. The standard InChI is InChI=1S/C17H18Cl2N2O3S/c1-11(2)21(3)17(22)12-5-4-6-13(9-12)20-25(23,24)14-7-8-15(18)16(19)10-14/h4-11,20H,1-3H3. The van der Waals surface area contributed by atoms with Crippen LogP contribution in [0.25, 0.3) is 0 Å². The predicted molar refractivity (Wildman–Crippen MR) is 101 cm³/mol. The number of halogens is 2. The van der Waals surface area contributed by atoms with E-state index in [4.69, 9.17) is 23.2 Å². The Morgan fingerprint density at radius 1 is 1.08 bits per heavy atom. The number of benzene rings is 2. The molecule has 0 unspecified atom stereocenters. The van der Waals surface area contributed by atoms with E-state index in [0.29, 0.717) is 5.56 Å². The molecular formula is C17H18Cl2N2O3S. The molecule has 1 N–H and O–H groups in total. The van der Waals surface area contributed by atoms with Gasteiger partial charge in [0.2, 0.25) is 0 Å². The number of anilines is 1. The molecule has 0 spiro atoms. The summed E-state index contributed by atoms with van der Waals surface area (Å²) in [7, 11) is -2.16. The number of nitrogens with zero attached hydrogens (tertiary/aromatic N) is 1. The van der Waals surface area contributed by atoms with Crippen LogP contribution in [0.2, 0.25) is 10.0 Å². The van der Waals surface area contributed by atoms with Crippen molar-refractivity contribution in [3.63, 3.8) is 0 Å². The van der Waals surface area contributed by atoms with Crippen molar-refractivity contribution in [2.24, 2.45) is 0 Å². The normalized spacial score (nSPS) is 11.4. The third kappa shape index (κ3) is 4.66. The highest BCUT2D eigenvalue weighted by Gasteiger charge is 2.18. The van der Waals surface area contributed by atoms with E-state index in [0.717, 1.165) is 0 Å². The van der Waals surface area contributed by atoms with E-state index in [2.05, 4.69) is 4.72 Å². The molecule has 2 rings (SSSR count). The monoisotopic (exact) mass is 400 g/mol. The van der Waals surface area contributed by atoms with Gasteiger partial charge in [-0.3, -0.25) is 9.52 Å². The second-order valence-electron chi connectivity index (χ2n) is 5.77. The van der Waals surface area contributed by atoms with Crippen LogP contribution in [0, 0.1) is 0 Å². The minimum Gasteiger partial charge on any atom is -0.339 e. The Balaban J connectivity index is 2.29. The summed E-state index contributed by atoms with van der Waals surface area (Å²) in [4.78, 5) is 13.9. The van der Waals surface area contributed by atoms with Crippen molar-refractivity contribution in [2.45, 2.75) is 24.8 Å². The van der Waals surface area contributed by atoms with Crippen LogP contribution in [0.3, 0.4) is 0 Å². The third-order valence-electron chi connectivity index (χ3n) is 3.66. The zero-order valence-corrected chi connectivity index (χ0v) is 16.3. The first-order chi connectivity index (χ1) is 11.6. The van der Waals surface area contributed by atoms with Crippen molar-refractivity contribution in [3.05, 3.63) is 58.1 Å². The highest BCUT2D eigenvalue weighted by Crippen LogP contribution is 2.26. The van der Waals surface area contributed by atoms with Crippen LogP contribution >= 0.6 is 23.2 Å². The summed E-state index contributed by atoms with van der Waals surface area (Å²) in [6, 6.07) is 10.4. The number of nitrogens with one attached hydrogen (secondary N) is 1. The minimum atomic E-state index is -3.85. The first-order valence-corrected chi connectivity index (χ1v) is 9.71. The molecule has 0 aliphatic carbocycles. The van der Waals surface area contributed by atoms with Gasteiger partial charge in [-0.1, -0.05) is 29.3 Å². The fourth-order valence-electron chi connectivity index (χ4n) is 2.01. The maximum Gasteiger partial charge on any atom is 0.261 e. The summed E-state index contributed by atoms with van der Waals surface area (Å²) in [6.45, 7) is 3.80. The van der Waals surface area contributed by atoms with E-state index in [1.165, 1.54) is 24.3 Å². The lowest BCUT2D eigenvalue weighted by molar-refractivity contribution is 0.0755. The SMILES string of the molecule is CC(C)N(C)C(=O)c1cccc(NS(=O)(=O)c2ccc(Cl)c(Cl)c2)c1. The number of carbonyl (C=O) groups is 1. The molecule has 0 aromatic heterocycles. The van der Waals surface area contributed by atoms with E-state index >= 15 is 0 Å². The molecule has 0 bridgehead atoms. The van der Waals surface area contributed by atoms with Gasteiger partial charge in [-0.2, -0.15) is 0 Å². The van der Waals surface area contributed by atoms with Gasteiger partial charge >= 0.3 is 0 Å². The van der Waals surface area contributed by atoms with Crippen LogP contribution in [-0.4, -0.2) is 32.3 Å². The van der Waals surface area contributed by atoms with Crippen molar-refractivity contribution in [1.82, 2.24) is 4.90 Å². The molecule has 0 fully saturated rings. The molecular weight excluding hydrogens is 383 g/mol. The topological polar surface area (TPSA) is 66.5 Å². The number of amides is 1. The smallest absolute Gasteiger partial charge is 0.261 e. The van der Waals surface area contributed by atoms with Crippen molar-refractivity contribution < 1.29 is 13.2 Å². The molecule has 2 aromatic carbocycles. The van der Waals surface area contributed by atoms with Gasteiger partial charge in [-0.05, 0) is 50.2 Å². The van der Waals surface area contributed by atoms with Crippen LogP contribution in [0.15, 0.2) is 47.4 Å². The van der Waals surface area contributed by atoms with Crippen LogP contribution in [-0.2, 0) is 10.0 Å². The molecule has 0 aliphatic rings. The van der Waals surface area contributed by atoms with Crippen molar-refractivity contribution in [1.29, 1.82) is 0 Å². The zero-order valence-electron chi connectivity index (χ0n) is 14.0. The van der Waals surface area contributed by atoms with Gasteiger partial charge < -0.3 is 4.90 Å². The van der Waals surface area contributed by atoms with Crippen molar-refractivity contribution in [2.75, 3.05) is 11.8 Å². The van der Waals surface area contributed by atoms with Crippen molar-refractivity contribution >= 4 is 44.8 Å². The van der Waals surface area contributed by atoms with Crippen LogP contribution in [0.5, 0.6) is 0 Å². The molecule has 25 heavy (non-hydrogen) atoms. The summed E-state index contributed by atoms with van der Waals surface area (Å²) in [6.07, 6.45) is 0. The molecule has 1 amide bonds. The first kappa shape index (κ1) is 19.6. The predicted octanol–water partition coefficient (Wildman–Crippen LogP) is 4.27. The highest BCUT2D eigenvalue weighted by atomic mass is 35.5. The molecule has 2 aromatic rings. The lowest BCUT2D eigenvalue weighted by Gasteiger charge is -2.21. The Hall–Kier alpha value is -1.76. The van der Waals surface area contributed by atoms with Gasteiger partial charge in [0.25, 0.3) is 15.9 Å². The summed E-state index contributed by atoms with van der Waals surface area (Å²) in [5.74, 6) is -0.189. The second-order valence-corrected chi connectivity index (χ2v) is 8.27. The summed E-state index contributed by atoms with van der Waals surface area (Å²) in [5, 5.41) is 0.414. The number of sulfonamides is 1. The number of hydrogen-bond donors (Lipinski definition) is 1. The molecule has 0 saturated heterocycles. The van der Waals surface area contributed by atoms with Crippen molar-refractivity contribution in [3.8, 4) is 0 Å². The van der Waals surface area contributed by atoms with Crippen LogP contribution < -0.4 is 4.72 Å². The third-order valence-corrected chi connectivity index (χ3v) is 5.78. The Labute approximate surface area is 157 Å². The van der Waals surface area contributed by atoms with Gasteiger partial charge in [-0.15, -0.1) is 0 Å². The van der Waals surface area contributed by atoms with Crippen LogP contribution in [0.4, 0.5) is 5.69 Å². The average molecular weight is 401 g/mol. The summed E-state index contributed by atoms with van der Waals surface area (Å²) >= 11 is 11.7. The molecule has 8 heteroatoms. The quantitative estimate of drug-likeness (QED) is 0.814. The van der Waals surface area contributed by atoms with E-state index in [1.807, 2.05) is 13.8 Å². The average Bonchev–Trinajstić information content (AvgIpc) is 2.55. The molecule has 0 radical (unpaired) electrons. The zero-order chi connectivity index (χ0) is 18.8. The lowest BCUT2D eigenvalue weighted by atomic mass is 10.1. The molecule has 134 valence electrons. The summed E-state index contributed by atoms with van der Waals surface area (Å²) in [5.41, 5.74) is 0.680. The summed E-state index contributed by atoms with van der Waals surface area (Å²) < 4.78 is 27.4. The molecule has 5 nitrogen and oxygen atoms in total. The Morgan fingerprint density at radius 2 is 1.76 bits per heavy atom. The molecule has 0 atom stereocenters. The maximum atomic E-state index is 12.5. The van der Waals surface area contributed by atoms with Gasteiger partial charge in [0.05, 0.1) is 14.9 Å². The highest BCUT2D eigenvalue weighted by molar-refractivity contribution is 7.92. The van der Waals surface area contributed by atoms with E-state index in [-0.39, 0.29) is 32.6 Å². The van der Waals surface area contributed by atoms with E-state index in [1.54, 1.807) is 30.1 Å². The number of carbonyl (C=O) groups excluding carboxylic acids is 1. The Bertz CT molecular complexity index is 899. The van der Waals surface area contributed by atoms with Gasteiger partial charge in [0.15, 0.2) is 0 Å². The van der Waals surface area contributed by atoms with Gasteiger partial charge in [0.1, 0.15) is 0 Å². The largest absolute Gasteiger partial charge is 0.339 e. The Morgan fingerprint density at radius 3 is 2.36 bits per heavy atom. The fraction of sp³-hybridized carbons (Fsp3) is 0.235. The van der Waals surface area contributed by atoms with Gasteiger partial charge in [0, 0.05) is 24.3 Å². The van der Waals surface area contributed by atoms with Crippen LogP contribution in [0.1, 0.15) is 24.2 Å². The second kappa shape index (κ2) is 7.64. The first-order valence-electron chi connectivity index (χ1n) is 7.47. The minimum absolute atomic E-state index is 0.0158. The molecule has 0 heterocycles. The van der Waals surface area contributed by atoms with E-state index in [9.17, 15) is 13.2 Å². The van der Waals surface area contributed by atoms with Gasteiger partial charge in [-0.25, -0.2) is 8.42 Å². The number of hydrogen-bond acceptors (Lipinski definition) is 3. The Kier molecular flexibility index (Phi) is 5.98. The molecule has 0 saturated carbocycles. The maximum absolute atomic E-state index is 12.5.